The lowest BCUT2D eigenvalue weighted by atomic mass is 9.96. The van der Waals surface area contributed by atoms with E-state index in [1.54, 1.807) is 7.11 Å². The Morgan fingerprint density at radius 2 is 2.42 bits per heavy atom. The average molecular weight is 257 g/mol. The first-order valence-electron chi connectivity index (χ1n) is 6.62. The first-order valence-corrected chi connectivity index (χ1v) is 6.62. The molecule has 1 N–H and O–H groups in total. The van der Waals surface area contributed by atoms with Crippen molar-refractivity contribution in [2.75, 3.05) is 26.9 Å². The van der Waals surface area contributed by atoms with Crippen LogP contribution in [0.4, 0.5) is 0 Å². The summed E-state index contributed by atoms with van der Waals surface area (Å²) in [6.45, 7) is 4.91. The highest BCUT2D eigenvalue weighted by molar-refractivity contribution is 5.91. The molecule has 0 fully saturated rings. The number of rotatable bonds is 3. The molecule has 0 bridgehead atoms. The van der Waals surface area contributed by atoms with Crippen molar-refractivity contribution in [3.8, 4) is 0 Å². The molecule has 0 aliphatic carbocycles. The van der Waals surface area contributed by atoms with Crippen LogP contribution < -0.4 is 0 Å². The quantitative estimate of drug-likeness (QED) is 0.918. The fourth-order valence-corrected chi connectivity index (χ4v) is 2.84. The van der Waals surface area contributed by atoms with Gasteiger partial charge in [-0.15, -0.1) is 0 Å². The molecule has 1 atom stereocenters. The summed E-state index contributed by atoms with van der Waals surface area (Å²) in [7, 11) is 1.75. The van der Waals surface area contributed by atoms with Crippen LogP contribution in [0.1, 0.15) is 12.5 Å². The average Bonchev–Trinajstić information content (AvgIpc) is 2.82. The minimum atomic E-state index is 0.542. The lowest BCUT2D eigenvalue weighted by Crippen LogP contribution is -2.34. The summed E-state index contributed by atoms with van der Waals surface area (Å²) < 4.78 is 5.26. The van der Waals surface area contributed by atoms with E-state index in [1.807, 2.05) is 12.3 Å². The minimum absolute atomic E-state index is 0.542. The zero-order chi connectivity index (χ0) is 13.2. The largest absolute Gasteiger partial charge is 0.369 e. The number of nitrogens with zero attached hydrogens (tertiary/aromatic N) is 2. The van der Waals surface area contributed by atoms with E-state index in [2.05, 4.69) is 40.1 Å². The Hall–Kier alpha value is -1.65. The van der Waals surface area contributed by atoms with E-state index in [1.165, 1.54) is 16.5 Å². The molecule has 1 unspecified atom stereocenters. The molecule has 4 heteroatoms. The Bertz CT molecular complexity index is 602. The summed E-state index contributed by atoms with van der Waals surface area (Å²) in [5.74, 6) is 0.542. The van der Waals surface area contributed by atoms with Gasteiger partial charge in [0, 0.05) is 43.5 Å². The second-order valence-electron chi connectivity index (χ2n) is 5.20. The number of H-pyrrole nitrogens is 1. The third-order valence-corrected chi connectivity index (χ3v) is 3.53. The number of fused-ring (bicyclic) bond motifs is 1. The molecule has 19 heavy (non-hydrogen) atoms. The van der Waals surface area contributed by atoms with Crippen LogP contribution in [0.2, 0.25) is 0 Å². The number of pyridine rings is 1. The maximum absolute atomic E-state index is 5.26. The van der Waals surface area contributed by atoms with Gasteiger partial charge in [0.05, 0.1) is 6.73 Å². The van der Waals surface area contributed by atoms with Gasteiger partial charge in [-0.25, -0.2) is 4.98 Å². The number of hydrogen-bond donors (Lipinski definition) is 1. The first kappa shape index (κ1) is 12.4. The maximum Gasteiger partial charge on any atom is 0.137 e. The number of methoxy groups -OCH3 is 1. The van der Waals surface area contributed by atoms with Crippen LogP contribution in [0.15, 0.2) is 30.6 Å². The molecule has 1 aliphatic rings. The summed E-state index contributed by atoms with van der Waals surface area (Å²) in [5.41, 5.74) is 3.57. The molecule has 2 aromatic rings. The first-order chi connectivity index (χ1) is 9.28. The number of ether oxygens (including phenoxy) is 1. The molecule has 3 rings (SSSR count). The van der Waals surface area contributed by atoms with Gasteiger partial charge >= 0.3 is 0 Å². The Morgan fingerprint density at radius 1 is 1.53 bits per heavy atom. The van der Waals surface area contributed by atoms with Gasteiger partial charge in [-0.05, 0) is 23.6 Å². The van der Waals surface area contributed by atoms with Crippen molar-refractivity contribution in [2.24, 2.45) is 5.92 Å². The SMILES string of the molecule is COCN1CC(c2c[nH]c3ncccc23)=CC(C)C1. The zero-order valence-corrected chi connectivity index (χ0v) is 11.4. The predicted octanol–water partition coefficient (Wildman–Crippen LogP) is 2.50. The Labute approximate surface area is 113 Å². The Kier molecular flexibility index (Phi) is 3.36. The van der Waals surface area contributed by atoms with Crippen LogP contribution in [0, 0.1) is 5.92 Å². The van der Waals surface area contributed by atoms with Crippen LogP contribution in [-0.4, -0.2) is 41.8 Å². The monoisotopic (exact) mass is 257 g/mol. The van der Waals surface area contributed by atoms with Gasteiger partial charge in [-0.2, -0.15) is 0 Å². The number of aromatic nitrogens is 2. The molecule has 3 heterocycles. The zero-order valence-electron chi connectivity index (χ0n) is 11.4. The Morgan fingerprint density at radius 3 is 3.26 bits per heavy atom. The summed E-state index contributed by atoms with van der Waals surface area (Å²) in [6.07, 6.45) is 6.24. The molecule has 0 saturated carbocycles. The fourth-order valence-electron chi connectivity index (χ4n) is 2.84. The van der Waals surface area contributed by atoms with Gasteiger partial charge in [0.2, 0.25) is 0 Å². The van der Waals surface area contributed by atoms with Crippen molar-refractivity contribution in [3.63, 3.8) is 0 Å². The van der Waals surface area contributed by atoms with Gasteiger partial charge in [0.1, 0.15) is 5.65 Å². The summed E-state index contributed by atoms with van der Waals surface area (Å²) in [5, 5.41) is 1.19. The third-order valence-electron chi connectivity index (χ3n) is 3.53. The van der Waals surface area contributed by atoms with Crippen LogP contribution in [-0.2, 0) is 4.74 Å². The van der Waals surface area contributed by atoms with Crippen LogP contribution in [0.3, 0.4) is 0 Å². The molecule has 0 radical (unpaired) electrons. The van der Waals surface area contributed by atoms with E-state index in [9.17, 15) is 0 Å². The highest BCUT2D eigenvalue weighted by Crippen LogP contribution is 2.28. The molecular formula is C15H19N3O. The normalized spacial score (nSPS) is 20.7. The molecule has 2 aromatic heterocycles. The minimum Gasteiger partial charge on any atom is -0.369 e. The third kappa shape index (κ3) is 2.41. The highest BCUT2D eigenvalue weighted by atomic mass is 16.5. The maximum atomic E-state index is 5.26. The lowest BCUT2D eigenvalue weighted by Gasteiger charge is -2.29. The number of aromatic amines is 1. The van der Waals surface area contributed by atoms with Crippen molar-refractivity contribution >= 4 is 16.6 Å². The second kappa shape index (κ2) is 5.15. The van der Waals surface area contributed by atoms with E-state index in [4.69, 9.17) is 4.74 Å². The lowest BCUT2D eigenvalue weighted by molar-refractivity contribution is 0.0645. The molecule has 0 spiro atoms. The topological polar surface area (TPSA) is 41.1 Å². The summed E-state index contributed by atoms with van der Waals surface area (Å²) in [6, 6.07) is 4.11. The highest BCUT2D eigenvalue weighted by Gasteiger charge is 2.20. The van der Waals surface area contributed by atoms with Crippen molar-refractivity contribution in [2.45, 2.75) is 6.92 Å². The van der Waals surface area contributed by atoms with E-state index in [0.717, 1.165) is 18.7 Å². The second-order valence-corrected chi connectivity index (χ2v) is 5.20. The number of nitrogens with one attached hydrogen (secondary N) is 1. The smallest absolute Gasteiger partial charge is 0.137 e. The fraction of sp³-hybridized carbons (Fsp3) is 0.400. The van der Waals surface area contributed by atoms with E-state index in [0.29, 0.717) is 12.6 Å². The van der Waals surface area contributed by atoms with E-state index >= 15 is 0 Å². The molecular weight excluding hydrogens is 238 g/mol. The molecule has 4 nitrogen and oxygen atoms in total. The standard InChI is InChI=1S/C15H19N3O/c1-11-6-12(9-18(8-11)10-19-2)14-7-17-15-13(14)4-3-5-16-15/h3-7,11H,8-10H2,1-2H3,(H,16,17). The predicted molar refractivity (Wildman–Crippen MR) is 76.7 cm³/mol. The molecule has 0 aromatic carbocycles. The molecule has 0 amide bonds. The summed E-state index contributed by atoms with van der Waals surface area (Å²) in [4.78, 5) is 9.92. The van der Waals surface area contributed by atoms with Crippen molar-refractivity contribution in [3.05, 3.63) is 36.2 Å². The molecule has 100 valence electrons. The van der Waals surface area contributed by atoms with Gasteiger partial charge in [0.25, 0.3) is 0 Å². The van der Waals surface area contributed by atoms with Gasteiger partial charge < -0.3 is 9.72 Å². The summed E-state index contributed by atoms with van der Waals surface area (Å²) >= 11 is 0. The van der Waals surface area contributed by atoms with Crippen molar-refractivity contribution in [1.29, 1.82) is 0 Å². The van der Waals surface area contributed by atoms with Crippen LogP contribution in [0.5, 0.6) is 0 Å². The van der Waals surface area contributed by atoms with E-state index in [-0.39, 0.29) is 0 Å². The van der Waals surface area contributed by atoms with Crippen LogP contribution in [0.25, 0.3) is 16.6 Å². The van der Waals surface area contributed by atoms with Gasteiger partial charge in [0.15, 0.2) is 0 Å². The van der Waals surface area contributed by atoms with Crippen molar-refractivity contribution < 1.29 is 4.74 Å². The molecule has 1 aliphatic heterocycles. The Balaban J connectivity index is 1.96. The van der Waals surface area contributed by atoms with E-state index < -0.39 is 0 Å². The van der Waals surface area contributed by atoms with Gasteiger partial charge in [-0.3, -0.25) is 4.90 Å². The van der Waals surface area contributed by atoms with Crippen molar-refractivity contribution in [1.82, 2.24) is 14.9 Å². The number of hydrogen-bond acceptors (Lipinski definition) is 3. The molecule has 0 saturated heterocycles. The van der Waals surface area contributed by atoms with Gasteiger partial charge in [-0.1, -0.05) is 13.0 Å². The van der Waals surface area contributed by atoms with Crippen LogP contribution >= 0.6 is 0 Å².